The summed E-state index contributed by atoms with van der Waals surface area (Å²) < 4.78 is -0.395. The van der Waals surface area contributed by atoms with Crippen LogP contribution in [0.1, 0.15) is 25.7 Å². The number of Topliss-reactive ketones (excluding diaryl/α,β-unsaturated/α-hetero) is 1. The van der Waals surface area contributed by atoms with Gasteiger partial charge in [-0.15, -0.1) is 0 Å². The van der Waals surface area contributed by atoms with E-state index in [4.69, 9.17) is 11.6 Å². The van der Waals surface area contributed by atoms with Crippen LogP contribution in [0.3, 0.4) is 0 Å². The Bertz CT molecular complexity index is 266. The minimum absolute atomic E-state index is 0.00926. The molecule has 2 saturated carbocycles. The van der Waals surface area contributed by atoms with E-state index in [0.29, 0.717) is 12.8 Å². The summed E-state index contributed by atoms with van der Waals surface area (Å²) in [5.74, 6) is 0.00926. The lowest BCUT2D eigenvalue weighted by Crippen LogP contribution is -2.30. The van der Waals surface area contributed by atoms with Gasteiger partial charge in [0.2, 0.25) is 5.24 Å². The molecule has 4 heteroatoms. The number of hydrogen-bond acceptors (Lipinski definition) is 2. The lowest BCUT2D eigenvalue weighted by Gasteiger charge is -2.11. The topological polar surface area (TPSA) is 34.1 Å². The highest BCUT2D eigenvalue weighted by molar-refractivity contribution is 9.10. The SMILES string of the molecule is O=C(Cl)C1(C(=O)C2(Br)CC2)CC1. The molecule has 0 amide bonds. The van der Waals surface area contributed by atoms with Gasteiger partial charge in [0.15, 0.2) is 5.78 Å². The van der Waals surface area contributed by atoms with Crippen LogP contribution in [0, 0.1) is 5.41 Å². The second-order valence-corrected chi connectivity index (χ2v) is 5.51. The van der Waals surface area contributed by atoms with Crippen LogP contribution >= 0.6 is 27.5 Å². The molecule has 0 aromatic rings. The molecule has 0 atom stereocenters. The van der Waals surface area contributed by atoms with Gasteiger partial charge < -0.3 is 0 Å². The van der Waals surface area contributed by atoms with Crippen molar-refractivity contribution in [1.29, 1.82) is 0 Å². The molecule has 0 aromatic carbocycles. The minimum Gasteiger partial charge on any atom is -0.297 e. The highest BCUT2D eigenvalue weighted by atomic mass is 79.9. The zero-order chi connectivity index (χ0) is 8.98. The van der Waals surface area contributed by atoms with Crippen LogP contribution in [0.4, 0.5) is 0 Å². The number of rotatable bonds is 3. The molecular weight excluding hydrogens is 243 g/mol. The second-order valence-electron chi connectivity index (χ2n) is 3.65. The third-order valence-corrected chi connectivity index (χ3v) is 4.17. The lowest BCUT2D eigenvalue weighted by molar-refractivity contribution is -0.130. The van der Waals surface area contributed by atoms with E-state index < -0.39 is 15.0 Å². The quantitative estimate of drug-likeness (QED) is 0.437. The molecule has 2 fully saturated rings. The van der Waals surface area contributed by atoms with Crippen molar-refractivity contribution >= 4 is 38.6 Å². The van der Waals surface area contributed by atoms with Gasteiger partial charge in [-0.05, 0) is 37.3 Å². The highest BCUT2D eigenvalue weighted by Crippen LogP contribution is 2.58. The van der Waals surface area contributed by atoms with Gasteiger partial charge in [-0.25, -0.2) is 0 Å². The van der Waals surface area contributed by atoms with Crippen molar-refractivity contribution in [3.63, 3.8) is 0 Å². The number of carbonyl (C=O) groups excluding carboxylic acids is 2. The summed E-state index contributed by atoms with van der Waals surface area (Å²) in [5.41, 5.74) is -0.804. The zero-order valence-corrected chi connectivity index (χ0v) is 8.74. The van der Waals surface area contributed by atoms with E-state index in [1.54, 1.807) is 0 Å². The first-order valence-electron chi connectivity index (χ1n) is 3.95. The number of carbonyl (C=O) groups is 2. The summed E-state index contributed by atoms with van der Waals surface area (Å²) in [7, 11) is 0. The van der Waals surface area contributed by atoms with E-state index >= 15 is 0 Å². The predicted octanol–water partition coefficient (Wildman–Crippen LogP) is 2.03. The van der Waals surface area contributed by atoms with Crippen LogP contribution in [-0.4, -0.2) is 15.3 Å². The molecule has 0 radical (unpaired) electrons. The maximum atomic E-state index is 11.7. The maximum Gasteiger partial charge on any atom is 0.235 e. The minimum atomic E-state index is -0.804. The van der Waals surface area contributed by atoms with Gasteiger partial charge in [0.1, 0.15) is 5.41 Å². The van der Waals surface area contributed by atoms with Crippen molar-refractivity contribution in [3.8, 4) is 0 Å². The van der Waals surface area contributed by atoms with Crippen LogP contribution in [0.5, 0.6) is 0 Å². The van der Waals surface area contributed by atoms with Crippen LogP contribution in [0.25, 0.3) is 0 Å². The molecule has 0 bridgehead atoms. The van der Waals surface area contributed by atoms with Crippen LogP contribution in [0.2, 0.25) is 0 Å². The van der Waals surface area contributed by atoms with E-state index in [2.05, 4.69) is 15.9 Å². The Morgan fingerprint density at radius 1 is 1.17 bits per heavy atom. The highest BCUT2D eigenvalue weighted by Gasteiger charge is 2.64. The number of ketones is 1. The second kappa shape index (κ2) is 2.32. The van der Waals surface area contributed by atoms with Crippen molar-refractivity contribution in [3.05, 3.63) is 0 Å². The molecule has 0 aliphatic heterocycles. The smallest absolute Gasteiger partial charge is 0.235 e. The summed E-state index contributed by atoms with van der Waals surface area (Å²) >= 11 is 8.72. The van der Waals surface area contributed by atoms with Crippen LogP contribution in [-0.2, 0) is 9.59 Å². The molecule has 0 saturated heterocycles. The number of hydrogen-bond donors (Lipinski definition) is 0. The zero-order valence-electron chi connectivity index (χ0n) is 6.40. The summed E-state index contributed by atoms with van der Waals surface area (Å²) in [5, 5.41) is -0.474. The van der Waals surface area contributed by atoms with Crippen LogP contribution < -0.4 is 0 Å². The van der Waals surface area contributed by atoms with Crippen molar-refractivity contribution in [2.75, 3.05) is 0 Å². The summed E-state index contributed by atoms with van der Waals surface area (Å²) in [4.78, 5) is 22.7. The van der Waals surface area contributed by atoms with Gasteiger partial charge in [-0.1, -0.05) is 15.9 Å². The summed E-state index contributed by atoms with van der Waals surface area (Å²) in [6, 6.07) is 0. The Morgan fingerprint density at radius 2 is 1.67 bits per heavy atom. The van der Waals surface area contributed by atoms with Gasteiger partial charge >= 0.3 is 0 Å². The lowest BCUT2D eigenvalue weighted by atomic mass is 9.99. The Labute approximate surface area is 83.8 Å². The average Bonchev–Trinajstić information content (AvgIpc) is 2.80. The van der Waals surface area contributed by atoms with Crippen molar-refractivity contribution < 1.29 is 9.59 Å². The molecule has 2 aliphatic rings. The molecule has 66 valence electrons. The fourth-order valence-corrected chi connectivity index (χ4v) is 2.26. The summed E-state index contributed by atoms with van der Waals surface area (Å²) in [6.45, 7) is 0. The Balaban J connectivity index is 2.19. The molecule has 0 heterocycles. The number of halogens is 2. The Kier molecular flexibility index (Phi) is 1.68. The van der Waals surface area contributed by atoms with E-state index in [-0.39, 0.29) is 5.78 Å². The fraction of sp³-hybridized carbons (Fsp3) is 0.750. The summed E-state index contributed by atoms with van der Waals surface area (Å²) in [6.07, 6.45) is 2.97. The van der Waals surface area contributed by atoms with Gasteiger partial charge in [0, 0.05) is 0 Å². The number of alkyl halides is 1. The first-order valence-corrected chi connectivity index (χ1v) is 5.12. The van der Waals surface area contributed by atoms with Crippen molar-refractivity contribution in [2.45, 2.75) is 30.0 Å². The average molecular weight is 252 g/mol. The van der Waals surface area contributed by atoms with Gasteiger partial charge in [-0.3, -0.25) is 9.59 Å². The third-order valence-electron chi connectivity index (χ3n) is 2.66. The third kappa shape index (κ3) is 1.06. The molecule has 2 rings (SSSR count). The largest absolute Gasteiger partial charge is 0.297 e. The molecule has 12 heavy (non-hydrogen) atoms. The van der Waals surface area contributed by atoms with Crippen molar-refractivity contribution in [2.24, 2.45) is 5.41 Å². The standard InChI is InChI=1S/C8H8BrClO2/c9-8(3-4-8)5(11)7(1-2-7)6(10)12/h1-4H2. The van der Waals surface area contributed by atoms with Gasteiger partial charge in [-0.2, -0.15) is 0 Å². The monoisotopic (exact) mass is 250 g/mol. The molecule has 2 aliphatic carbocycles. The molecule has 2 nitrogen and oxygen atoms in total. The maximum absolute atomic E-state index is 11.7. The molecule has 0 unspecified atom stereocenters. The Hall–Kier alpha value is 0.110. The first-order chi connectivity index (χ1) is 5.51. The van der Waals surface area contributed by atoms with Crippen LogP contribution in [0.15, 0.2) is 0 Å². The molecule has 0 N–H and O–H groups in total. The van der Waals surface area contributed by atoms with Gasteiger partial charge in [0.25, 0.3) is 0 Å². The molecular formula is C8H8BrClO2. The fourth-order valence-electron chi connectivity index (χ4n) is 1.40. The van der Waals surface area contributed by atoms with E-state index in [1.165, 1.54) is 0 Å². The van der Waals surface area contributed by atoms with Crippen molar-refractivity contribution in [1.82, 2.24) is 0 Å². The molecule has 0 spiro atoms. The normalized spacial score (nSPS) is 27.8. The van der Waals surface area contributed by atoms with Gasteiger partial charge in [0.05, 0.1) is 4.32 Å². The molecule has 0 aromatic heterocycles. The van der Waals surface area contributed by atoms with E-state index in [1.807, 2.05) is 0 Å². The first kappa shape index (κ1) is 8.70. The Morgan fingerprint density at radius 3 is 1.92 bits per heavy atom. The van der Waals surface area contributed by atoms with E-state index in [0.717, 1.165) is 12.8 Å². The predicted molar refractivity (Wildman–Crippen MR) is 48.4 cm³/mol. The van der Waals surface area contributed by atoms with E-state index in [9.17, 15) is 9.59 Å².